The second-order valence-electron chi connectivity index (χ2n) is 20.7. The highest BCUT2D eigenvalue weighted by Crippen LogP contribution is 2.48. The van der Waals surface area contributed by atoms with E-state index in [-0.39, 0.29) is 16.7 Å². The summed E-state index contributed by atoms with van der Waals surface area (Å²) in [6.45, 7) is 25.4. The molecule has 0 fully saturated rings. The Kier molecular flexibility index (Phi) is 20.9. The van der Waals surface area contributed by atoms with Crippen LogP contribution in [0.5, 0.6) is 5.75 Å². The van der Waals surface area contributed by atoms with Crippen molar-refractivity contribution in [3.8, 4) is 5.75 Å². The lowest BCUT2D eigenvalue weighted by Crippen LogP contribution is -2.34. The molecule has 0 saturated heterocycles. The first kappa shape index (κ1) is 55.8. The van der Waals surface area contributed by atoms with Gasteiger partial charge in [0, 0.05) is 67.0 Å². The van der Waals surface area contributed by atoms with E-state index in [9.17, 15) is 9.59 Å². The van der Waals surface area contributed by atoms with Gasteiger partial charge in [0.25, 0.3) is 0 Å². The number of rotatable bonds is 27. The normalized spacial score (nSPS) is 17.3. The number of carbonyl (C=O) groups excluding carboxylic acids is 2. The van der Waals surface area contributed by atoms with Crippen molar-refractivity contribution < 1.29 is 42.6 Å². The van der Waals surface area contributed by atoms with Crippen LogP contribution in [-0.2, 0) is 45.7 Å². The molecule has 2 amide bonds. The van der Waals surface area contributed by atoms with Crippen molar-refractivity contribution >= 4 is 29.1 Å². The van der Waals surface area contributed by atoms with E-state index in [0.717, 1.165) is 62.3 Å². The molecule has 2 heterocycles. The zero-order chi connectivity index (χ0) is 51.6. The van der Waals surface area contributed by atoms with Crippen LogP contribution in [0.1, 0.15) is 118 Å². The molecule has 0 bridgehead atoms. The largest absolute Gasteiger partial charge is 0.457 e. The Morgan fingerprint density at radius 3 is 1.99 bits per heavy atom. The van der Waals surface area contributed by atoms with E-state index < -0.39 is 11.7 Å². The molecule has 0 spiro atoms. The average molecular weight is 988 g/mol. The fourth-order valence-corrected chi connectivity index (χ4v) is 9.67. The van der Waals surface area contributed by atoms with Gasteiger partial charge in [-0.05, 0) is 119 Å². The molecule has 0 unspecified atom stereocenters. The van der Waals surface area contributed by atoms with Gasteiger partial charge in [-0.1, -0.05) is 82.3 Å². The summed E-state index contributed by atoms with van der Waals surface area (Å²) in [5, 5.41) is 5.62. The molecule has 0 atom stereocenters. The Balaban J connectivity index is 1.00. The monoisotopic (exact) mass is 988 g/mol. The molecule has 3 aliphatic rings. The minimum atomic E-state index is -0.528. The van der Waals surface area contributed by atoms with Crippen LogP contribution in [0.4, 0.5) is 16.2 Å². The number of hydrogen-bond donors (Lipinski definition) is 2. The Labute approximate surface area is 430 Å². The van der Waals surface area contributed by atoms with Crippen LogP contribution in [0.2, 0.25) is 0 Å². The number of ether oxygens (including phenoxy) is 6. The first-order chi connectivity index (χ1) is 34.6. The first-order valence-corrected chi connectivity index (χ1v) is 26.4. The highest BCUT2D eigenvalue weighted by molar-refractivity contribution is 6.03. The van der Waals surface area contributed by atoms with Crippen molar-refractivity contribution in [2.24, 2.45) is 0 Å². The van der Waals surface area contributed by atoms with Gasteiger partial charge in [-0.3, -0.25) is 4.79 Å². The van der Waals surface area contributed by atoms with Crippen molar-refractivity contribution in [1.29, 1.82) is 0 Å². The predicted molar refractivity (Wildman–Crippen MR) is 289 cm³/mol. The van der Waals surface area contributed by atoms with Crippen LogP contribution in [0.25, 0.3) is 0 Å². The molecular formula is C60H83N4O8+. The number of aryl methyl sites for hydroxylation is 1. The number of carbonyl (C=O) groups is 2. The Morgan fingerprint density at radius 2 is 1.33 bits per heavy atom. The van der Waals surface area contributed by atoms with Gasteiger partial charge < -0.3 is 44.0 Å². The van der Waals surface area contributed by atoms with Crippen LogP contribution < -0.4 is 20.3 Å². The second kappa shape index (κ2) is 27.0. The summed E-state index contributed by atoms with van der Waals surface area (Å²) >= 11 is 0. The maximum Gasteiger partial charge on any atom is 0.407 e. The van der Waals surface area contributed by atoms with E-state index in [4.69, 9.17) is 28.4 Å². The van der Waals surface area contributed by atoms with E-state index in [1.54, 1.807) is 0 Å². The Hall–Kier alpha value is -5.53. The third-order valence-electron chi connectivity index (χ3n) is 13.2. The van der Waals surface area contributed by atoms with Gasteiger partial charge in [0.05, 0.1) is 58.3 Å². The molecular weight excluding hydrogens is 905 g/mol. The maximum absolute atomic E-state index is 12.8. The molecule has 0 radical (unpaired) electrons. The zero-order valence-electron chi connectivity index (χ0n) is 44.8. The number of nitrogens with one attached hydrogen (secondary N) is 2. The third-order valence-corrected chi connectivity index (χ3v) is 13.2. The fourth-order valence-electron chi connectivity index (χ4n) is 9.67. The van der Waals surface area contributed by atoms with Crippen LogP contribution >= 0.6 is 0 Å². The molecule has 0 saturated carbocycles. The van der Waals surface area contributed by atoms with Gasteiger partial charge in [-0.25, -0.2) is 4.79 Å². The first-order valence-electron chi connectivity index (χ1n) is 26.4. The molecule has 0 aromatic heterocycles. The molecule has 12 nitrogen and oxygen atoms in total. The second-order valence-corrected chi connectivity index (χ2v) is 20.7. The lowest BCUT2D eigenvalue weighted by atomic mass is 9.81. The molecule has 2 aliphatic heterocycles. The van der Waals surface area contributed by atoms with Crippen LogP contribution in [0.15, 0.2) is 120 Å². The number of fused-ring (bicyclic) bond motifs is 2. The van der Waals surface area contributed by atoms with Crippen LogP contribution in [-0.4, -0.2) is 107 Å². The number of benzene rings is 3. The number of nitrogens with zero attached hydrogens (tertiary/aromatic N) is 2. The quantitative estimate of drug-likeness (QED) is 0.0568. The topological polar surface area (TPSA) is 120 Å². The zero-order valence-corrected chi connectivity index (χ0v) is 44.8. The fraction of sp³-hybridized carbons (Fsp3) is 0.517. The standard InChI is InChI=1S/C60H82N4O8/c1-10-35-63-51-21-14-12-19-49(51)59(6,7)53(63)30-26-46-17-16-18-47(27-31-54-60(8,9)50-20-13-15-22-52(50)64(54)36-11-2)56(46)71-48-28-23-45(24-29-48)25-32-55(65)61-33-37-67-39-41-69-43-44-70-42-40-68-38-34-62-57(66)72-58(3,4)5/h12-15,19-24,26-31H,10-11,16-18,25,32-44H2,1-9H3,(H-,61,62,65,66)/p+1. The predicted octanol–water partition coefficient (Wildman–Crippen LogP) is 11.2. The van der Waals surface area contributed by atoms with Gasteiger partial charge in [-0.2, -0.15) is 4.58 Å². The number of allylic oxidation sites excluding steroid dienone is 7. The molecule has 12 heteroatoms. The highest BCUT2D eigenvalue weighted by Gasteiger charge is 2.44. The smallest absolute Gasteiger partial charge is 0.407 e. The average Bonchev–Trinajstić information content (AvgIpc) is 3.70. The van der Waals surface area contributed by atoms with Gasteiger partial charge in [-0.15, -0.1) is 0 Å². The van der Waals surface area contributed by atoms with Gasteiger partial charge >= 0.3 is 6.09 Å². The molecule has 72 heavy (non-hydrogen) atoms. The summed E-state index contributed by atoms with van der Waals surface area (Å²) in [7, 11) is 0. The molecule has 3 aromatic rings. The molecule has 390 valence electrons. The van der Waals surface area contributed by atoms with Gasteiger partial charge in [0.2, 0.25) is 11.6 Å². The maximum atomic E-state index is 12.8. The number of amides is 2. The van der Waals surface area contributed by atoms with Crippen molar-refractivity contribution in [2.75, 3.05) is 83.9 Å². The summed E-state index contributed by atoms with van der Waals surface area (Å²) in [4.78, 5) is 26.9. The molecule has 3 aromatic carbocycles. The summed E-state index contributed by atoms with van der Waals surface area (Å²) in [6, 6.07) is 25.9. The summed E-state index contributed by atoms with van der Waals surface area (Å²) in [5.41, 5.74) is 10.6. The summed E-state index contributed by atoms with van der Waals surface area (Å²) in [5.74, 6) is 1.69. The van der Waals surface area contributed by atoms with E-state index in [1.807, 2.05) is 32.9 Å². The van der Waals surface area contributed by atoms with Crippen LogP contribution in [0.3, 0.4) is 0 Å². The summed E-state index contributed by atoms with van der Waals surface area (Å²) in [6.07, 6.45) is 14.9. The Bertz CT molecular complexity index is 2420. The van der Waals surface area contributed by atoms with Crippen molar-refractivity contribution in [2.45, 2.75) is 124 Å². The number of hydrogen-bond acceptors (Lipinski definition) is 9. The minimum absolute atomic E-state index is 0.0155. The SMILES string of the molecule is CCCN1/C(=C/C=C2\CCCC(/C=C/C3=[N+](CCC)c4ccccc4C3(C)C)=C2Oc2ccc(CCC(=O)NCCOCCOCCOCCOCCNC(=O)OC(C)(C)C)cc2)C(C)(C)c2ccccc21. The van der Waals surface area contributed by atoms with E-state index in [0.29, 0.717) is 78.8 Å². The van der Waals surface area contributed by atoms with Crippen molar-refractivity contribution in [3.05, 3.63) is 136 Å². The van der Waals surface area contributed by atoms with Gasteiger partial charge in [0.15, 0.2) is 5.71 Å². The number of para-hydroxylation sites is 2. The Morgan fingerprint density at radius 1 is 0.708 bits per heavy atom. The minimum Gasteiger partial charge on any atom is -0.457 e. The number of anilines is 1. The molecule has 1 aliphatic carbocycles. The van der Waals surface area contributed by atoms with Crippen molar-refractivity contribution in [1.82, 2.24) is 10.6 Å². The third kappa shape index (κ3) is 15.5. The van der Waals surface area contributed by atoms with E-state index in [2.05, 4.69) is 147 Å². The van der Waals surface area contributed by atoms with Gasteiger partial charge in [0.1, 0.15) is 23.7 Å². The molecule has 6 rings (SSSR count). The van der Waals surface area contributed by atoms with E-state index in [1.165, 1.54) is 45.1 Å². The van der Waals surface area contributed by atoms with Crippen molar-refractivity contribution in [3.63, 3.8) is 0 Å². The molecule has 2 N–H and O–H groups in total. The highest BCUT2D eigenvalue weighted by atomic mass is 16.6. The van der Waals surface area contributed by atoms with E-state index >= 15 is 0 Å². The number of alkyl carbamates (subject to hydrolysis) is 1. The summed E-state index contributed by atoms with van der Waals surface area (Å²) < 4.78 is 36.9. The lowest BCUT2D eigenvalue weighted by molar-refractivity contribution is -0.437. The lowest BCUT2D eigenvalue weighted by Gasteiger charge is -2.27. The van der Waals surface area contributed by atoms with Crippen LogP contribution in [0, 0.1) is 0 Å².